The molecule has 1 aromatic rings. The summed E-state index contributed by atoms with van der Waals surface area (Å²) in [5, 5.41) is 12.5. The molecule has 0 aromatic heterocycles. The van der Waals surface area contributed by atoms with Crippen molar-refractivity contribution in [3.63, 3.8) is 0 Å². The fourth-order valence-corrected chi connectivity index (χ4v) is 2.09. The van der Waals surface area contributed by atoms with Gasteiger partial charge in [-0.05, 0) is 30.1 Å². The Hall–Kier alpha value is -0.670. The number of nitrogens with one attached hydrogen (secondary N) is 1. The SMILES string of the molecule is CCSCCC(CO)Nc1ccccc1. The first-order chi connectivity index (χ1) is 7.36. The zero-order valence-electron chi connectivity index (χ0n) is 9.15. The van der Waals surface area contributed by atoms with E-state index in [1.54, 1.807) is 0 Å². The van der Waals surface area contributed by atoms with Crippen molar-refractivity contribution in [1.29, 1.82) is 0 Å². The lowest BCUT2D eigenvalue weighted by atomic mass is 10.2. The number of benzene rings is 1. The highest BCUT2D eigenvalue weighted by Crippen LogP contribution is 2.11. The molecule has 0 aliphatic carbocycles. The van der Waals surface area contributed by atoms with Gasteiger partial charge in [-0.25, -0.2) is 0 Å². The Balaban J connectivity index is 2.33. The van der Waals surface area contributed by atoms with Crippen molar-refractivity contribution in [2.75, 3.05) is 23.4 Å². The van der Waals surface area contributed by atoms with Crippen LogP contribution in [-0.2, 0) is 0 Å². The van der Waals surface area contributed by atoms with Gasteiger partial charge in [-0.2, -0.15) is 11.8 Å². The average molecular weight is 225 g/mol. The molecule has 0 aliphatic heterocycles. The molecule has 2 N–H and O–H groups in total. The van der Waals surface area contributed by atoms with Gasteiger partial charge in [0.1, 0.15) is 0 Å². The van der Waals surface area contributed by atoms with Crippen LogP contribution < -0.4 is 5.32 Å². The van der Waals surface area contributed by atoms with Crippen molar-refractivity contribution < 1.29 is 5.11 Å². The molecule has 0 saturated carbocycles. The minimum atomic E-state index is 0.173. The maximum absolute atomic E-state index is 9.21. The molecule has 84 valence electrons. The number of para-hydroxylation sites is 1. The predicted octanol–water partition coefficient (Wildman–Crippen LogP) is 2.60. The fourth-order valence-electron chi connectivity index (χ4n) is 1.35. The van der Waals surface area contributed by atoms with Crippen molar-refractivity contribution in [1.82, 2.24) is 0 Å². The number of hydrogen-bond acceptors (Lipinski definition) is 3. The van der Waals surface area contributed by atoms with Crippen LogP contribution in [-0.4, -0.2) is 29.3 Å². The summed E-state index contributed by atoms with van der Waals surface area (Å²) < 4.78 is 0. The maximum atomic E-state index is 9.21. The first-order valence-corrected chi connectivity index (χ1v) is 6.52. The van der Waals surface area contributed by atoms with E-state index in [0.717, 1.165) is 23.6 Å². The molecule has 15 heavy (non-hydrogen) atoms. The number of aliphatic hydroxyl groups excluding tert-OH is 1. The first-order valence-electron chi connectivity index (χ1n) is 5.37. The van der Waals surface area contributed by atoms with Gasteiger partial charge in [0.15, 0.2) is 0 Å². The molecular formula is C12H19NOS. The molecule has 0 fully saturated rings. The zero-order chi connectivity index (χ0) is 10.9. The maximum Gasteiger partial charge on any atom is 0.0633 e. The van der Waals surface area contributed by atoms with Gasteiger partial charge in [-0.1, -0.05) is 25.1 Å². The summed E-state index contributed by atoms with van der Waals surface area (Å²) in [6.07, 6.45) is 1.00. The highest BCUT2D eigenvalue weighted by molar-refractivity contribution is 7.99. The van der Waals surface area contributed by atoms with Crippen molar-refractivity contribution in [2.24, 2.45) is 0 Å². The van der Waals surface area contributed by atoms with Gasteiger partial charge in [-0.3, -0.25) is 0 Å². The number of aliphatic hydroxyl groups is 1. The van der Waals surface area contributed by atoms with E-state index >= 15 is 0 Å². The third-order valence-electron chi connectivity index (χ3n) is 2.18. The Labute approximate surface area is 96.1 Å². The second kappa shape index (κ2) is 7.60. The number of thioether (sulfide) groups is 1. The third-order valence-corrected chi connectivity index (χ3v) is 3.11. The van der Waals surface area contributed by atoms with Crippen molar-refractivity contribution in [3.8, 4) is 0 Å². The lowest BCUT2D eigenvalue weighted by Gasteiger charge is -2.17. The van der Waals surface area contributed by atoms with Crippen LogP contribution in [0.15, 0.2) is 30.3 Å². The Morgan fingerprint density at radius 2 is 2.07 bits per heavy atom. The van der Waals surface area contributed by atoms with Gasteiger partial charge >= 0.3 is 0 Å². The lowest BCUT2D eigenvalue weighted by molar-refractivity contribution is 0.272. The molecule has 1 aromatic carbocycles. The van der Waals surface area contributed by atoms with Crippen LogP contribution in [0.4, 0.5) is 5.69 Å². The zero-order valence-corrected chi connectivity index (χ0v) is 9.96. The fraction of sp³-hybridized carbons (Fsp3) is 0.500. The molecule has 0 bridgehead atoms. The normalized spacial score (nSPS) is 12.4. The van der Waals surface area contributed by atoms with E-state index < -0.39 is 0 Å². The minimum Gasteiger partial charge on any atom is -0.394 e. The summed E-state index contributed by atoms with van der Waals surface area (Å²) in [7, 11) is 0. The van der Waals surface area contributed by atoms with Crippen LogP contribution in [0.3, 0.4) is 0 Å². The second-order valence-electron chi connectivity index (χ2n) is 3.38. The molecule has 0 radical (unpaired) electrons. The molecule has 0 aliphatic rings. The molecule has 1 unspecified atom stereocenters. The van der Waals surface area contributed by atoms with Crippen LogP contribution in [0.5, 0.6) is 0 Å². The summed E-state index contributed by atoms with van der Waals surface area (Å²) in [5.41, 5.74) is 1.08. The van der Waals surface area contributed by atoms with Gasteiger partial charge in [0, 0.05) is 11.7 Å². The largest absolute Gasteiger partial charge is 0.394 e. The molecular weight excluding hydrogens is 206 g/mol. The molecule has 1 rings (SSSR count). The van der Waals surface area contributed by atoms with Crippen LogP contribution in [0.2, 0.25) is 0 Å². The van der Waals surface area contributed by atoms with Crippen LogP contribution in [0.25, 0.3) is 0 Å². The Kier molecular flexibility index (Phi) is 6.28. The minimum absolute atomic E-state index is 0.173. The van der Waals surface area contributed by atoms with E-state index in [1.807, 2.05) is 42.1 Å². The summed E-state index contributed by atoms with van der Waals surface area (Å²) in [6, 6.07) is 10.2. The van der Waals surface area contributed by atoms with E-state index in [4.69, 9.17) is 0 Å². The van der Waals surface area contributed by atoms with E-state index in [-0.39, 0.29) is 12.6 Å². The van der Waals surface area contributed by atoms with E-state index in [2.05, 4.69) is 12.2 Å². The van der Waals surface area contributed by atoms with Crippen LogP contribution in [0.1, 0.15) is 13.3 Å². The van der Waals surface area contributed by atoms with Gasteiger partial charge < -0.3 is 10.4 Å². The molecule has 0 heterocycles. The summed E-state index contributed by atoms with van der Waals surface area (Å²) >= 11 is 1.91. The molecule has 0 saturated heterocycles. The molecule has 1 atom stereocenters. The summed E-state index contributed by atoms with van der Waals surface area (Å²) in [5.74, 6) is 2.24. The number of rotatable bonds is 7. The van der Waals surface area contributed by atoms with Gasteiger partial charge in [0.2, 0.25) is 0 Å². The molecule has 0 amide bonds. The standard InChI is InChI=1S/C12H19NOS/c1-2-15-9-8-12(10-14)13-11-6-4-3-5-7-11/h3-7,12-14H,2,8-10H2,1H3. The van der Waals surface area contributed by atoms with E-state index in [9.17, 15) is 5.11 Å². The lowest BCUT2D eigenvalue weighted by Crippen LogP contribution is -2.24. The van der Waals surface area contributed by atoms with Gasteiger partial charge in [-0.15, -0.1) is 0 Å². The first kappa shape index (κ1) is 12.4. The highest BCUT2D eigenvalue weighted by atomic mass is 32.2. The topological polar surface area (TPSA) is 32.3 Å². The smallest absolute Gasteiger partial charge is 0.0633 e. The molecule has 3 heteroatoms. The monoisotopic (exact) mass is 225 g/mol. The van der Waals surface area contributed by atoms with Crippen LogP contribution in [0, 0.1) is 0 Å². The van der Waals surface area contributed by atoms with Gasteiger partial charge in [0.25, 0.3) is 0 Å². The number of anilines is 1. The van der Waals surface area contributed by atoms with E-state index in [0.29, 0.717) is 0 Å². The summed E-state index contributed by atoms with van der Waals surface area (Å²) in [4.78, 5) is 0. The quantitative estimate of drug-likeness (QED) is 0.700. The third kappa shape index (κ3) is 5.09. The Bertz CT molecular complexity index is 253. The molecule has 0 spiro atoms. The van der Waals surface area contributed by atoms with Gasteiger partial charge in [0.05, 0.1) is 6.61 Å². The number of hydrogen-bond donors (Lipinski definition) is 2. The van der Waals surface area contributed by atoms with Crippen molar-refractivity contribution in [2.45, 2.75) is 19.4 Å². The average Bonchev–Trinajstić information content (AvgIpc) is 2.29. The Morgan fingerprint density at radius 1 is 1.33 bits per heavy atom. The Morgan fingerprint density at radius 3 is 2.67 bits per heavy atom. The van der Waals surface area contributed by atoms with Crippen molar-refractivity contribution in [3.05, 3.63) is 30.3 Å². The van der Waals surface area contributed by atoms with Crippen molar-refractivity contribution >= 4 is 17.4 Å². The second-order valence-corrected chi connectivity index (χ2v) is 4.77. The van der Waals surface area contributed by atoms with E-state index in [1.165, 1.54) is 0 Å². The summed E-state index contributed by atoms with van der Waals surface area (Å²) in [6.45, 7) is 2.35. The van der Waals surface area contributed by atoms with Crippen LogP contribution >= 0.6 is 11.8 Å². The predicted molar refractivity (Wildman–Crippen MR) is 68.6 cm³/mol. The molecule has 2 nitrogen and oxygen atoms in total. The highest BCUT2D eigenvalue weighted by Gasteiger charge is 2.05.